The molecule has 2 unspecified atom stereocenters. The zero-order valence-corrected chi connectivity index (χ0v) is 22.3. The van der Waals surface area contributed by atoms with Gasteiger partial charge in [-0.2, -0.15) is 15.6 Å². The summed E-state index contributed by atoms with van der Waals surface area (Å²) >= 11 is 1.34. The predicted molar refractivity (Wildman–Crippen MR) is 141 cm³/mol. The molecule has 37 heavy (non-hydrogen) atoms. The molecule has 1 N–H and O–H groups in total. The van der Waals surface area contributed by atoms with Crippen molar-refractivity contribution in [1.82, 2.24) is 24.5 Å². The van der Waals surface area contributed by atoms with Crippen LogP contribution in [0.2, 0.25) is 0 Å². The number of nitriles is 2. The number of aromatic nitrogens is 5. The molecule has 0 amide bonds. The minimum atomic E-state index is -0.448. The maximum atomic E-state index is 9.63. The smallest absolute Gasteiger partial charge is 0.239 e. The topological polar surface area (TPSA) is 136 Å². The van der Waals surface area contributed by atoms with Crippen LogP contribution in [0.15, 0.2) is 48.6 Å². The summed E-state index contributed by atoms with van der Waals surface area (Å²) in [5, 5.41) is 31.8. The second-order valence-corrected chi connectivity index (χ2v) is 9.08. The molecule has 0 saturated carbocycles. The maximum Gasteiger partial charge on any atom is 0.239 e. The van der Waals surface area contributed by atoms with Crippen molar-refractivity contribution in [2.45, 2.75) is 25.2 Å². The first-order chi connectivity index (χ1) is 17.8. The second kappa shape index (κ2) is 12.1. The van der Waals surface area contributed by atoms with E-state index < -0.39 is 6.10 Å². The van der Waals surface area contributed by atoms with Crippen LogP contribution in [0.1, 0.15) is 36.6 Å². The number of ether oxygens (including phenoxy) is 3. The number of aryl methyl sites for hydroxylation is 1. The zero-order valence-electron chi connectivity index (χ0n) is 21.5. The largest absolute Gasteiger partial charge is 0.499 e. The van der Waals surface area contributed by atoms with Gasteiger partial charge in [-0.1, -0.05) is 12.6 Å². The summed E-state index contributed by atoms with van der Waals surface area (Å²) < 4.78 is 23.4. The van der Waals surface area contributed by atoms with Crippen molar-refractivity contribution in [2.75, 3.05) is 26.1 Å². The molecule has 12 heteroatoms. The Labute approximate surface area is 220 Å². The number of allylic oxidation sites excluding steroid dienone is 2. The Morgan fingerprint density at radius 3 is 2.46 bits per heavy atom. The fourth-order valence-electron chi connectivity index (χ4n) is 3.68. The van der Waals surface area contributed by atoms with E-state index in [9.17, 15) is 10.5 Å². The third-order valence-electron chi connectivity index (χ3n) is 5.61. The van der Waals surface area contributed by atoms with Crippen molar-refractivity contribution in [3.63, 3.8) is 0 Å². The third-order valence-corrected chi connectivity index (χ3v) is 6.52. The third kappa shape index (κ3) is 5.77. The van der Waals surface area contributed by atoms with E-state index >= 15 is 0 Å². The number of nitrogens with one attached hydrogen (secondary N) is 1. The lowest BCUT2D eigenvalue weighted by Gasteiger charge is -2.24. The zero-order chi connectivity index (χ0) is 27.1. The summed E-state index contributed by atoms with van der Waals surface area (Å²) in [7, 11) is 6.47. The van der Waals surface area contributed by atoms with Crippen LogP contribution in [0, 0.1) is 22.7 Å². The molecule has 0 bridgehead atoms. The number of methoxy groups -OCH3 is 3. The summed E-state index contributed by atoms with van der Waals surface area (Å²) in [6, 6.07) is 11.0. The first-order valence-electron chi connectivity index (χ1n) is 11.1. The average Bonchev–Trinajstić information content (AvgIpc) is 3.53. The van der Waals surface area contributed by atoms with Crippen LogP contribution < -0.4 is 4.72 Å². The SMILES string of the molecule is C=C(OC)/C(=C(\C)OC)n1c(NSC(C)C(OC)c2ccc(C#N)cc2C#N)nnc1-c1ccn(C)n1. The molecule has 11 nitrogen and oxygen atoms in total. The monoisotopic (exact) mass is 520 g/mol. The van der Waals surface area contributed by atoms with Gasteiger partial charge in [-0.3, -0.25) is 14.0 Å². The van der Waals surface area contributed by atoms with E-state index in [1.54, 1.807) is 48.6 Å². The summed E-state index contributed by atoms with van der Waals surface area (Å²) in [6.45, 7) is 7.76. The summed E-state index contributed by atoms with van der Waals surface area (Å²) in [4.78, 5) is 0. The number of rotatable bonds is 11. The molecule has 0 aliphatic rings. The molecular weight excluding hydrogens is 492 g/mol. The van der Waals surface area contributed by atoms with Crippen LogP contribution in [0.3, 0.4) is 0 Å². The van der Waals surface area contributed by atoms with E-state index in [1.165, 1.54) is 19.1 Å². The molecule has 2 atom stereocenters. The molecule has 0 aliphatic heterocycles. The lowest BCUT2D eigenvalue weighted by molar-refractivity contribution is 0.104. The van der Waals surface area contributed by atoms with Crippen LogP contribution in [0.5, 0.6) is 0 Å². The minimum Gasteiger partial charge on any atom is -0.499 e. The van der Waals surface area contributed by atoms with Gasteiger partial charge in [-0.15, -0.1) is 10.2 Å². The van der Waals surface area contributed by atoms with Gasteiger partial charge in [0.05, 0.1) is 48.8 Å². The number of hydrogen-bond acceptors (Lipinski definition) is 10. The van der Waals surface area contributed by atoms with Crippen LogP contribution in [-0.4, -0.2) is 51.1 Å². The lowest BCUT2D eigenvalue weighted by Crippen LogP contribution is -2.18. The molecule has 1 aromatic carbocycles. The summed E-state index contributed by atoms with van der Waals surface area (Å²) in [5.41, 5.74) is 2.60. The van der Waals surface area contributed by atoms with Gasteiger partial charge in [-0.25, -0.2) is 0 Å². The van der Waals surface area contributed by atoms with E-state index in [-0.39, 0.29) is 5.25 Å². The first-order valence-corrected chi connectivity index (χ1v) is 12.0. The van der Waals surface area contributed by atoms with Crippen LogP contribution >= 0.6 is 11.9 Å². The van der Waals surface area contributed by atoms with E-state index in [1.807, 2.05) is 26.2 Å². The molecule has 0 aliphatic carbocycles. The summed E-state index contributed by atoms with van der Waals surface area (Å²) in [5.74, 6) is 1.74. The highest BCUT2D eigenvalue weighted by Gasteiger charge is 2.27. The summed E-state index contributed by atoms with van der Waals surface area (Å²) in [6.07, 6.45) is 1.36. The lowest BCUT2D eigenvalue weighted by atomic mass is 9.99. The first kappa shape index (κ1) is 27.3. The Kier molecular flexibility index (Phi) is 8.95. The van der Waals surface area contributed by atoms with Crippen molar-refractivity contribution in [1.29, 1.82) is 10.5 Å². The van der Waals surface area contributed by atoms with Crippen molar-refractivity contribution in [2.24, 2.45) is 7.05 Å². The molecule has 2 heterocycles. The van der Waals surface area contributed by atoms with E-state index in [0.29, 0.717) is 51.4 Å². The van der Waals surface area contributed by atoms with Crippen LogP contribution in [0.25, 0.3) is 17.2 Å². The van der Waals surface area contributed by atoms with Crippen molar-refractivity contribution < 1.29 is 14.2 Å². The highest BCUT2D eigenvalue weighted by Crippen LogP contribution is 2.35. The Hall–Kier alpha value is -4.26. The number of hydrogen-bond donors (Lipinski definition) is 1. The average molecular weight is 521 g/mol. The Balaban J connectivity index is 2.00. The quantitative estimate of drug-likeness (QED) is 0.222. The normalized spacial score (nSPS) is 13.1. The molecule has 192 valence electrons. The van der Waals surface area contributed by atoms with Gasteiger partial charge in [0.25, 0.3) is 0 Å². The van der Waals surface area contributed by atoms with Crippen LogP contribution in [0.4, 0.5) is 5.95 Å². The van der Waals surface area contributed by atoms with Gasteiger partial charge in [0.15, 0.2) is 5.82 Å². The van der Waals surface area contributed by atoms with Gasteiger partial charge < -0.3 is 14.2 Å². The highest BCUT2D eigenvalue weighted by atomic mass is 32.2. The molecule has 2 aromatic heterocycles. The number of benzene rings is 1. The highest BCUT2D eigenvalue weighted by molar-refractivity contribution is 8.01. The fraction of sp³-hybridized carbons (Fsp3) is 0.320. The molecule has 3 rings (SSSR count). The molecule has 0 fully saturated rings. The number of nitrogens with zero attached hydrogens (tertiary/aromatic N) is 7. The van der Waals surface area contributed by atoms with E-state index in [0.717, 1.165) is 0 Å². The van der Waals surface area contributed by atoms with E-state index in [4.69, 9.17) is 14.2 Å². The Morgan fingerprint density at radius 2 is 1.89 bits per heavy atom. The van der Waals surface area contributed by atoms with Crippen molar-refractivity contribution in [3.05, 3.63) is 65.2 Å². The van der Waals surface area contributed by atoms with Gasteiger partial charge in [0.1, 0.15) is 22.9 Å². The Bertz CT molecular complexity index is 1400. The van der Waals surface area contributed by atoms with E-state index in [2.05, 4.69) is 38.7 Å². The molecule has 0 spiro atoms. The predicted octanol–water partition coefficient (Wildman–Crippen LogP) is 4.25. The van der Waals surface area contributed by atoms with Gasteiger partial charge in [-0.05, 0) is 49.6 Å². The van der Waals surface area contributed by atoms with Gasteiger partial charge >= 0.3 is 0 Å². The molecule has 0 radical (unpaired) electrons. The molecule has 0 saturated heterocycles. The standard InChI is InChI=1S/C25H28N8O3S/c1-15(34-5)22(16(2)35-6)33-24(21-10-11-32(4)30-21)28-29-25(33)31-37-17(3)23(36-7)20-9-8-18(13-26)12-19(20)14-27/h8-12,17,23H,1H2,2-7H3,(H,29,31)/b22-16-. The number of anilines is 1. The fourth-order valence-corrected chi connectivity index (χ4v) is 4.49. The molecule has 3 aromatic rings. The molecular formula is C25H28N8O3S. The van der Waals surface area contributed by atoms with Gasteiger partial charge in [0, 0.05) is 20.4 Å². The maximum absolute atomic E-state index is 9.63. The second-order valence-electron chi connectivity index (χ2n) is 7.90. The Morgan fingerprint density at radius 1 is 1.14 bits per heavy atom. The van der Waals surface area contributed by atoms with Crippen LogP contribution in [-0.2, 0) is 21.3 Å². The van der Waals surface area contributed by atoms with Gasteiger partial charge in [0.2, 0.25) is 5.95 Å². The minimum absolute atomic E-state index is 0.185. The van der Waals surface area contributed by atoms with Crippen molar-refractivity contribution >= 4 is 23.6 Å². The van der Waals surface area contributed by atoms with Crippen molar-refractivity contribution in [3.8, 4) is 23.7 Å².